The number of rotatable bonds is 4. The maximum atomic E-state index is 12.1. The number of aromatic amines is 2. The van der Waals surface area contributed by atoms with Gasteiger partial charge in [0, 0.05) is 17.8 Å². The average Bonchev–Trinajstić information content (AvgIpc) is 3.20. The summed E-state index contributed by atoms with van der Waals surface area (Å²) in [6.45, 7) is 6.74. The SMILES string of the molecule is CCn1nc(C)c(-c2cc(C(=O)Nc3ncn[nH]3)[nH]n2)c1C. The number of nitrogens with zero attached hydrogens (tertiary/aromatic N) is 5. The molecule has 1 amide bonds. The van der Waals surface area contributed by atoms with Crippen LogP contribution in [-0.4, -0.2) is 41.1 Å². The standard InChI is InChI=1S/C13H16N8O/c1-4-21-8(3)11(7(2)20-21)9-5-10(18-17-9)12(22)16-13-14-6-15-19-13/h5-6H,4H2,1-3H3,(H,17,18)(H2,14,15,16,19,22). The lowest BCUT2D eigenvalue weighted by Gasteiger charge is -1.99. The molecular formula is C13H16N8O. The van der Waals surface area contributed by atoms with Crippen molar-refractivity contribution < 1.29 is 4.79 Å². The minimum absolute atomic E-state index is 0.285. The highest BCUT2D eigenvalue weighted by atomic mass is 16.2. The minimum Gasteiger partial charge on any atom is -0.289 e. The summed E-state index contributed by atoms with van der Waals surface area (Å²) < 4.78 is 1.91. The molecule has 3 rings (SSSR count). The number of amides is 1. The van der Waals surface area contributed by atoms with Gasteiger partial charge >= 0.3 is 0 Å². The first-order chi connectivity index (χ1) is 10.6. The highest BCUT2D eigenvalue weighted by Crippen LogP contribution is 2.25. The van der Waals surface area contributed by atoms with Crippen molar-refractivity contribution in [2.75, 3.05) is 5.32 Å². The lowest BCUT2D eigenvalue weighted by molar-refractivity contribution is 0.102. The zero-order valence-electron chi connectivity index (χ0n) is 12.5. The predicted octanol–water partition coefficient (Wildman–Crippen LogP) is 1.28. The Morgan fingerprint density at radius 1 is 1.36 bits per heavy atom. The second kappa shape index (κ2) is 5.43. The van der Waals surface area contributed by atoms with Gasteiger partial charge < -0.3 is 0 Å². The summed E-state index contributed by atoms with van der Waals surface area (Å²) in [5, 5.41) is 20.2. The van der Waals surface area contributed by atoms with Gasteiger partial charge in [0.25, 0.3) is 5.91 Å². The number of aromatic nitrogens is 7. The Hall–Kier alpha value is -2.97. The molecule has 0 aliphatic rings. The summed E-state index contributed by atoms with van der Waals surface area (Å²) >= 11 is 0. The second-order valence-electron chi connectivity index (χ2n) is 4.82. The molecule has 114 valence electrons. The van der Waals surface area contributed by atoms with Crippen LogP contribution in [0.1, 0.15) is 28.8 Å². The molecule has 0 saturated carbocycles. The predicted molar refractivity (Wildman–Crippen MR) is 79.3 cm³/mol. The first-order valence-electron chi connectivity index (χ1n) is 6.86. The second-order valence-corrected chi connectivity index (χ2v) is 4.82. The molecule has 0 unspecified atom stereocenters. The maximum absolute atomic E-state index is 12.1. The smallest absolute Gasteiger partial charge is 0.276 e. The van der Waals surface area contributed by atoms with Gasteiger partial charge in [0.15, 0.2) is 0 Å². The average molecular weight is 300 g/mol. The van der Waals surface area contributed by atoms with E-state index < -0.39 is 0 Å². The van der Waals surface area contributed by atoms with Crippen LogP contribution in [0.2, 0.25) is 0 Å². The molecule has 0 aromatic carbocycles. The third-order valence-electron chi connectivity index (χ3n) is 3.41. The van der Waals surface area contributed by atoms with Crippen LogP contribution >= 0.6 is 0 Å². The van der Waals surface area contributed by atoms with Crippen molar-refractivity contribution in [3.63, 3.8) is 0 Å². The van der Waals surface area contributed by atoms with E-state index >= 15 is 0 Å². The van der Waals surface area contributed by atoms with E-state index in [0.717, 1.165) is 23.5 Å². The molecular weight excluding hydrogens is 284 g/mol. The molecule has 3 N–H and O–H groups in total. The van der Waals surface area contributed by atoms with Crippen LogP contribution in [0.25, 0.3) is 11.3 Å². The van der Waals surface area contributed by atoms with Gasteiger partial charge in [0.2, 0.25) is 5.95 Å². The van der Waals surface area contributed by atoms with E-state index in [9.17, 15) is 4.79 Å². The van der Waals surface area contributed by atoms with Gasteiger partial charge in [-0.2, -0.15) is 20.3 Å². The first kappa shape index (κ1) is 14.0. The van der Waals surface area contributed by atoms with Crippen molar-refractivity contribution in [2.24, 2.45) is 0 Å². The molecule has 22 heavy (non-hydrogen) atoms. The molecule has 0 fully saturated rings. The third-order valence-corrected chi connectivity index (χ3v) is 3.41. The number of nitrogens with one attached hydrogen (secondary N) is 3. The molecule has 9 nitrogen and oxygen atoms in total. The van der Waals surface area contributed by atoms with Gasteiger partial charge in [0.1, 0.15) is 12.0 Å². The third kappa shape index (κ3) is 2.36. The highest BCUT2D eigenvalue weighted by Gasteiger charge is 2.18. The fraction of sp³-hybridized carbons (Fsp3) is 0.308. The molecule has 0 aliphatic carbocycles. The molecule has 3 heterocycles. The van der Waals surface area contributed by atoms with Gasteiger partial charge in [-0.1, -0.05) is 0 Å². The Balaban J connectivity index is 1.88. The fourth-order valence-electron chi connectivity index (χ4n) is 2.38. The highest BCUT2D eigenvalue weighted by molar-refractivity contribution is 6.02. The summed E-state index contributed by atoms with van der Waals surface area (Å²) in [7, 11) is 0. The van der Waals surface area contributed by atoms with Crippen molar-refractivity contribution in [2.45, 2.75) is 27.3 Å². The Morgan fingerprint density at radius 3 is 2.82 bits per heavy atom. The quantitative estimate of drug-likeness (QED) is 0.671. The van der Waals surface area contributed by atoms with E-state index in [0.29, 0.717) is 11.4 Å². The normalized spacial score (nSPS) is 10.9. The van der Waals surface area contributed by atoms with E-state index in [4.69, 9.17) is 0 Å². The number of hydrogen-bond donors (Lipinski definition) is 3. The summed E-state index contributed by atoms with van der Waals surface area (Å²) in [4.78, 5) is 15.9. The van der Waals surface area contributed by atoms with Crippen molar-refractivity contribution in [1.82, 2.24) is 35.2 Å². The number of carbonyl (C=O) groups excluding carboxylic acids is 1. The lowest BCUT2D eigenvalue weighted by Crippen LogP contribution is -2.13. The van der Waals surface area contributed by atoms with Crippen molar-refractivity contribution in [3.8, 4) is 11.3 Å². The first-order valence-corrected chi connectivity index (χ1v) is 6.86. The number of aryl methyl sites for hydroxylation is 2. The zero-order chi connectivity index (χ0) is 15.7. The molecule has 0 aliphatic heterocycles. The summed E-state index contributed by atoms with van der Waals surface area (Å²) in [5.74, 6) is -0.0546. The van der Waals surface area contributed by atoms with Crippen molar-refractivity contribution >= 4 is 11.9 Å². The minimum atomic E-state index is -0.339. The van der Waals surface area contributed by atoms with Crippen LogP contribution in [0.5, 0.6) is 0 Å². The number of H-pyrrole nitrogens is 2. The van der Waals surface area contributed by atoms with Gasteiger partial charge in [-0.25, -0.2) is 5.10 Å². The van der Waals surface area contributed by atoms with Crippen LogP contribution in [0.4, 0.5) is 5.95 Å². The van der Waals surface area contributed by atoms with Crippen LogP contribution < -0.4 is 5.32 Å². The van der Waals surface area contributed by atoms with Crippen LogP contribution in [0.15, 0.2) is 12.4 Å². The van der Waals surface area contributed by atoms with Gasteiger partial charge in [-0.15, -0.1) is 0 Å². The largest absolute Gasteiger partial charge is 0.289 e. The zero-order valence-corrected chi connectivity index (χ0v) is 12.5. The van der Waals surface area contributed by atoms with Crippen LogP contribution in [0.3, 0.4) is 0 Å². The van der Waals surface area contributed by atoms with E-state index in [1.807, 2.05) is 25.5 Å². The van der Waals surface area contributed by atoms with Gasteiger partial charge in [0.05, 0.1) is 11.4 Å². The molecule has 0 atom stereocenters. The van der Waals surface area contributed by atoms with Crippen molar-refractivity contribution in [1.29, 1.82) is 0 Å². The molecule has 0 radical (unpaired) electrons. The van der Waals surface area contributed by atoms with E-state index in [2.05, 4.69) is 35.8 Å². The Bertz CT molecular complexity index is 798. The number of carbonyl (C=O) groups is 1. The van der Waals surface area contributed by atoms with Gasteiger partial charge in [-0.3, -0.25) is 19.9 Å². The Labute approximate surface area is 126 Å². The number of anilines is 1. The van der Waals surface area contributed by atoms with E-state index in [1.165, 1.54) is 6.33 Å². The van der Waals surface area contributed by atoms with Crippen LogP contribution in [-0.2, 0) is 6.54 Å². The fourth-order valence-corrected chi connectivity index (χ4v) is 2.38. The van der Waals surface area contributed by atoms with Crippen LogP contribution in [0, 0.1) is 13.8 Å². The van der Waals surface area contributed by atoms with E-state index in [-0.39, 0.29) is 11.9 Å². The Kier molecular flexibility index (Phi) is 3.45. The summed E-state index contributed by atoms with van der Waals surface area (Å²) in [6, 6.07) is 1.70. The molecule has 3 aromatic heterocycles. The molecule has 0 bridgehead atoms. The van der Waals surface area contributed by atoms with Gasteiger partial charge in [-0.05, 0) is 26.8 Å². The summed E-state index contributed by atoms with van der Waals surface area (Å²) in [5.41, 5.74) is 3.88. The maximum Gasteiger partial charge on any atom is 0.276 e. The lowest BCUT2D eigenvalue weighted by atomic mass is 10.1. The molecule has 0 saturated heterocycles. The van der Waals surface area contributed by atoms with Crippen molar-refractivity contribution in [3.05, 3.63) is 29.5 Å². The molecule has 0 spiro atoms. The number of hydrogen-bond acceptors (Lipinski definition) is 5. The topological polar surface area (TPSA) is 117 Å². The molecule has 9 heteroatoms. The Morgan fingerprint density at radius 2 is 2.18 bits per heavy atom. The van der Waals surface area contributed by atoms with E-state index in [1.54, 1.807) is 6.07 Å². The monoisotopic (exact) mass is 300 g/mol. The molecule has 3 aromatic rings. The summed E-state index contributed by atoms with van der Waals surface area (Å²) in [6.07, 6.45) is 1.32.